The van der Waals surface area contributed by atoms with Gasteiger partial charge < -0.3 is 4.52 Å². The average Bonchev–Trinajstić information content (AvgIpc) is 3.00. The quantitative estimate of drug-likeness (QED) is 0.750. The predicted octanol–water partition coefficient (Wildman–Crippen LogP) is 3.49. The number of aromatic nitrogens is 1. The van der Waals surface area contributed by atoms with E-state index < -0.39 is 10.0 Å². The summed E-state index contributed by atoms with van der Waals surface area (Å²) in [5, 5.41) is 3.73. The van der Waals surface area contributed by atoms with Crippen LogP contribution in [0.15, 0.2) is 62.9 Å². The van der Waals surface area contributed by atoms with Crippen molar-refractivity contribution in [3.05, 3.63) is 76.7 Å². The Morgan fingerprint density at radius 3 is 2.67 bits per heavy atom. The topological polar surface area (TPSA) is 84.6 Å². The van der Waals surface area contributed by atoms with Crippen molar-refractivity contribution in [2.45, 2.75) is 25.2 Å². The highest BCUT2D eigenvalue weighted by atomic mass is 32.2. The van der Waals surface area contributed by atoms with E-state index in [0.717, 1.165) is 29.8 Å². The van der Waals surface area contributed by atoms with Crippen LogP contribution >= 0.6 is 0 Å². The van der Waals surface area contributed by atoms with E-state index in [1.165, 1.54) is 5.56 Å². The SMILES string of the molecule is Cc1noc(C)c1S(=O)(=O)Nc1cccc(C2=NCCc3ccccc32)c1. The molecule has 1 aliphatic heterocycles. The summed E-state index contributed by atoms with van der Waals surface area (Å²) in [4.78, 5) is 4.75. The molecule has 27 heavy (non-hydrogen) atoms. The molecule has 0 saturated heterocycles. The van der Waals surface area contributed by atoms with E-state index in [1.54, 1.807) is 26.0 Å². The summed E-state index contributed by atoms with van der Waals surface area (Å²) in [6.07, 6.45) is 0.915. The van der Waals surface area contributed by atoms with Gasteiger partial charge in [-0.3, -0.25) is 9.71 Å². The number of nitrogens with zero attached hydrogens (tertiary/aromatic N) is 2. The molecule has 0 unspecified atom stereocenters. The summed E-state index contributed by atoms with van der Waals surface area (Å²) in [5.74, 6) is 0.265. The Morgan fingerprint density at radius 1 is 1.07 bits per heavy atom. The van der Waals surface area contributed by atoms with Crippen molar-refractivity contribution in [2.75, 3.05) is 11.3 Å². The molecule has 1 N–H and O–H groups in total. The van der Waals surface area contributed by atoms with Crippen molar-refractivity contribution in [3.63, 3.8) is 0 Å². The van der Waals surface area contributed by atoms with Gasteiger partial charge in [-0.2, -0.15) is 0 Å². The second kappa shape index (κ2) is 6.66. The lowest BCUT2D eigenvalue weighted by atomic mass is 9.93. The van der Waals surface area contributed by atoms with Crippen LogP contribution in [-0.2, 0) is 16.4 Å². The third kappa shape index (κ3) is 3.26. The number of aliphatic imine (C=N–C) groups is 1. The lowest BCUT2D eigenvalue weighted by molar-refractivity contribution is 0.390. The highest BCUT2D eigenvalue weighted by Gasteiger charge is 2.24. The number of nitrogens with one attached hydrogen (secondary N) is 1. The van der Waals surface area contributed by atoms with E-state index >= 15 is 0 Å². The third-order valence-corrected chi connectivity index (χ3v) is 6.17. The molecule has 2 aromatic carbocycles. The van der Waals surface area contributed by atoms with Crippen LogP contribution in [-0.4, -0.2) is 25.8 Å². The maximum absolute atomic E-state index is 12.7. The molecule has 0 aliphatic carbocycles. The van der Waals surface area contributed by atoms with Gasteiger partial charge in [0.05, 0.1) is 5.71 Å². The van der Waals surface area contributed by atoms with Crippen molar-refractivity contribution in [1.29, 1.82) is 0 Å². The second-order valence-corrected chi connectivity index (χ2v) is 8.10. The molecule has 0 spiro atoms. The van der Waals surface area contributed by atoms with Crippen LogP contribution in [0.3, 0.4) is 0 Å². The Kier molecular flexibility index (Phi) is 4.31. The Morgan fingerprint density at radius 2 is 1.89 bits per heavy atom. The smallest absolute Gasteiger partial charge is 0.267 e. The van der Waals surface area contributed by atoms with Crippen LogP contribution in [0, 0.1) is 13.8 Å². The zero-order chi connectivity index (χ0) is 19.0. The van der Waals surface area contributed by atoms with Crippen molar-refractivity contribution >= 4 is 21.4 Å². The highest BCUT2D eigenvalue weighted by molar-refractivity contribution is 7.92. The molecule has 0 fully saturated rings. The standard InChI is InChI=1S/C20H19N3O3S/c1-13-20(14(2)26-22-13)27(24,25)23-17-8-5-7-16(12-17)19-18-9-4-3-6-15(18)10-11-21-19/h3-9,12,23H,10-11H2,1-2H3. The number of benzene rings is 2. The third-order valence-electron chi connectivity index (χ3n) is 4.55. The molecule has 2 heterocycles. The van der Waals surface area contributed by atoms with Crippen LogP contribution in [0.2, 0.25) is 0 Å². The summed E-state index contributed by atoms with van der Waals surface area (Å²) in [7, 11) is -3.79. The summed E-state index contributed by atoms with van der Waals surface area (Å²) in [6, 6.07) is 15.4. The molecular weight excluding hydrogens is 362 g/mol. The fourth-order valence-corrected chi connectivity index (χ4v) is 4.77. The molecule has 1 aromatic heterocycles. The largest absolute Gasteiger partial charge is 0.360 e. The highest BCUT2D eigenvalue weighted by Crippen LogP contribution is 2.25. The normalized spacial score (nSPS) is 13.8. The second-order valence-electron chi connectivity index (χ2n) is 6.48. The number of rotatable bonds is 4. The van der Waals surface area contributed by atoms with Gasteiger partial charge >= 0.3 is 0 Å². The predicted molar refractivity (Wildman–Crippen MR) is 104 cm³/mol. The fourth-order valence-electron chi connectivity index (χ4n) is 3.38. The van der Waals surface area contributed by atoms with Gasteiger partial charge in [-0.1, -0.05) is 41.6 Å². The summed E-state index contributed by atoms with van der Waals surface area (Å²) < 4.78 is 33.1. The summed E-state index contributed by atoms with van der Waals surface area (Å²) in [5.41, 5.74) is 4.91. The van der Waals surface area contributed by atoms with Crippen LogP contribution in [0.1, 0.15) is 28.1 Å². The molecule has 0 atom stereocenters. The molecule has 0 bridgehead atoms. The monoisotopic (exact) mass is 381 g/mol. The van der Waals surface area contributed by atoms with E-state index in [-0.39, 0.29) is 10.7 Å². The number of sulfonamides is 1. The first kappa shape index (κ1) is 17.5. The lowest BCUT2D eigenvalue weighted by Crippen LogP contribution is -2.16. The van der Waals surface area contributed by atoms with Crippen LogP contribution in [0.4, 0.5) is 5.69 Å². The Balaban J connectivity index is 1.69. The van der Waals surface area contributed by atoms with Gasteiger partial charge in [-0.15, -0.1) is 0 Å². The van der Waals surface area contributed by atoms with E-state index in [2.05, 4.69) is 20.9 Å². The Hall–Kier alpha value is -2.93. The lowest BCUT2D eigenvalue weighted by Gasteiger charge is -2.17. The van der Waals surface area contributed by atoms with Crippen LogP contribution in [0.5, 0.6) is 0 Å². The first-order valence-electron chi connectivity index (χ1n) is 8.64. The summed E-state index contributed by atoms with van der Waals surface area (Å²) in [6.45, 7) is 3.91. The maximum atomic E-state index is 12.7. The van der Waals surface area contributed by atoms with Gasteiger partial charge in [0.1, 0.15) is 5.69 Å². The molecule has 3 aromatic rings. The minimum Gasteiger partial charge on any atom is -0.360 e. The number of hydrogen-bond acceptors (Lipinski definition) is 5. The van der Waals surface area contributed by atoms with Crippen molar-refractivity contribution in [3.8, 4) is 0 Å². The van der Waals surface area contributed by atoms with Gasteiger partial charge in [0.15, 0.2) is 10.7 Å². The van der Waals surface area contributed by atoms with Crippen molar-refractivity contribution in [1.82, 2.24) is 5.16 Å². The molecule has 4 rings (SSSR count). The molecule has 6 nitrogen and oxygen atoms in total. The molecule has 0 radical (unpaired) electrons. The fraction of sp³-hybridized carbons (Fsp3) is 0.200. The first-order chi connectivity index (χ1) is 13.0. The van der Waals surface area contributed by atoms with E-state index in [9.17, 15) is 8.42 Å². The molecular formula is C20H19N3O3S. The zero-order valence-corrected chi connectivity index (χ0v) is 15.9. The minimum atomic E-state index is -3.79. The number of anilines is 1. The van der Waals surface area contributed by atoms with Gasteiger partial charge in [-0.05, 0) is 38.0 Å². The van der Waals surface area contributed by atoms with Crippen LogP contribution < -0.4 is 4.72 Å². The average molecular weight is 381 g/mol. The van der Waals surface area contributed by atoms with Gasteiger partial charge in [0.25, 0.3) is 10.0 Å². The van der Waals surface area contributed by atoms with Gasteiger partial charge in [0, 0.05) is 23.4 Å². The maximum Gasteiger partial charge on any atom is 0.267 e. The Bertz CT molecular complexity index is 1130. The number of aryl methyl sites for hydroxylation is 2. The minimum absolute atomic E-state index is 0.0771. The molecule has 0 saturated carbocycles. The first-order valence-corrected chi connectivity index (χ1v) is 10.1. The molecule has 7 heteroatoms. The summed E-state index contributed by atoms with van der Waals surface area (Å²) >= 11 is 0. The van der Waals surface area contributed by atoms with Gasteiger partial charge in [-0.25, -0.2) is 8.42 Å². The van der Waals surface area contributed by atoms with E-state index in [0.29, 0.717) is 11.4 Å². The molecule has 0 amide bonds. The van der Waals surface area contributed by atoms with Crippen LogP contribution in [0.25, 0.3) is 0 Å². The molecule has 1 aliphatic rings. The van der Waals surface area contributed by atoms with E-state index in [4.69, 9.17) is 4.52 Å². The molecule has 138 valence electrons. The van der Waals surface area contributed by atoms with Gasteiger partial charge in [0.2, 0.25) is 0 Å². The number of hydrogen-bond donors (Lipinski definition) is 1. The zero-order valence-electron chi connectivity index (χ0n) is 15.1. The van der Waals surface area contributed by atoms with Crippen molar-refractivity contribution < 1.29 is 12.9 Å². The van der Waals surface area contributed by atoms with Crippen molar-refractivity contribution in [2.24, 2.45) is 4.99 Å². The van der Waals surface area contributed by atoms with E-state index in [1.807, 2.05) is 30.3 Å². The number of fused-ring (bicyclic) bond motifs is 1. The Labute approximate surface area is 158 Å².